The number of nitrogens with zero attached hydrogens (tertiary/aromatic N) is 2. The third kappa shape index (κ3) is 3.68. The molecule has 0 saturated carbocycles. The summed E-state index contributed by atoms with van der Waals surface area (Å²) >= 11 is 6.05. The molecular formula is C22H22ClN3O2. The number of aromatic nitrogens is 2. The Labute approximate surface area is 169 Å². The van der Waals surface area contributed by atoms with Crippen molar-refractivity contribution in [3.05, 3.63) is 70.2 Å². The van der Waals surface area contributed by atoms with Crippen LogP contribution in [0.2, 0.25) is 5.02 Å². The summed E-state index contributed by atoms with van der Waals surface area (Å²) < 4.78 is 7.12. The van der Waals surface area contributed by atoms with Crippen molar-refractivity contribution < 1.29 is 4.74 Å². The number of nitrogens with one attached hydrogen (secondary N) is 1. The van der Waals surface area contributed by atoms with Crippen LogP contribution in [-0.4, -0.2) is 28.3 Å². The lowest BCUT2D eigenvalue weighted by Crippen LogP contribution is -2.30. The molecule has 2 aromatic heterocycles. The summed E-state index contributed by atoms with van der Waals surface area (Å²) in [5.74, 6) is 0.775. The molecule has 0 bridgehead atoms. The molecule has 0 aliphatic carbocycles. The monoisotopic (exact) mass is 395 g/mol. The average Bonchev–Trinajstić information content (AvgIpc) is 3.56. The van der Waals surface area contributed by atoms with Gasteiger partial charge < -0.3 is 10.1 Å². The van der Waals surface area contributed by atoms with Crippen LogP contribution in [0.4, 0.5) is 5.82 Å². The van der Waals surface area contributed by atoms with Gasteiger partial charge in [0, 0.05) is 24.5 Å². The highest BCUT2D eigenvalue weighted by Gasteiger charge is 2.32. The van der Waals surface area contributed by atoms with Crippen LogP contribution in [0.5, 0.6) is 0 Å². The molecule has 28 heavy (non-hydrogen) atoms. The van der Waals surface area contributed by atoms with Gasteiger partial charge in [0.1, 0.15) is 11.9 Å². The van der Waals surface area contributed by atoms with Crippen molar-refractivity contribution in [2.45, 2.75) is 25.5 Å². The number of benzene rings is 1. The lowest BCUT2D eigenvalue weighted by molar-refractivity contribution is 0.378. The van der Waals surface area contributed by atoms with E-state index in [0.29, 0.717) is 10.6 Å². The zero-order chi connectivity index (χ0) is 19.7. The van der Waals surface area contributed by atoms with E-state index in [2.05, 4.69) is 17.2 Å². The lowest BCUT2D eigenvalue weighted by Gasteiger charge is -2.21. The number of epoxide rings is 1. The zero-order valence-electron chi connectivity index (χ0n) is 15.9. The molecule has 2 atom stereocenters. The van der Waals surface area contributed by atoms with Gasteiger partial charge in [-0.1, -0.05) is 30.7 Å². The van der Waals surface area contributed by atoms with Gasteiger partial charge in [-0.15, -0.1) is 0 Å². The van der Waals surface area contributed by atoms with Gasteiger partial charge in [-0.3, -0.25) is 14.3 Å². The predicted octanol–water partition coefficient (Wildman–Crippen LogP) is 4.36. The van der Waals surface area contributed by atoms with Crippen molar-refractivity contribution in [2.75, 3.05) is 11.9 Å². The Morgan fingerprint density at radius 3 is 2.50 bits per heavy atom. The molecular weight excluding hydrogens is 374 g/mol. The Hall–Kier alpha value is -2.63. The molecule has 0 amide bonds. The van der Waals surface area contributed by atoms with Gasteiger partial charge in [-0.05, 0) is 53.4 Å². The number of hydrogen-bond donors (Lipinski definition) is 1. The Bertz CT molecular complexity index is 1030. The number of anilines is 1. The highest BCUT2D eigenvalue weighted by atomic mass is 35.5. The molecule has 0 spiro atoms. The topological polar surface area (TPSA) is 59.5 Å². The number of rotatable bonds is 6. The van der Waals surface area contributed by atoms with Crippen molar-refractivity contribution in [3.63, 3.8) is 0 Å². The molecule has 1 aromatic carbocycles. The van der Waals surface area contributed by atoms with Crippen LogP contribution < -0.4 is 10.9 Å². The molecule has 144 valence electrons. The summed E-state index contributed by atoms with van der Waals surface area (Å²) in [7, 11) is 1.79. The maximum Gasteiger partial charge on any atom is 0.260 e. The predicted molar refractivity (Wildman–Crippen MR) is 113 cm³/mol. The standard InChI is InChI=1S/C22H22ClN3O2/c1-3-18(19-13-28-19)25-20-12-17(14-8-10-24-11-9-14)21(22(27)26(20)2)15-4-6-16(23)7-5-15/h4-12,18-19,25H,3,13H2,1-2H3. The third-order valence-electron chi connectivity index (χ3n) is 5.14. The number of halogens is 1. The van der Waals surface area contributed by atoms with Gasteiger partial charge in [0.2, 0.25) is 0 Å². The van der Waals surface area contributed by atoms with Crippen molar-refractivity contribution in [1.29, 1.82) is 0 Å². The first kappa shape index (κ1) is 18.7. The maximum atomic E-state index is 13.4. The highest BCUT2D eigenvalue weighted by molar-refractivity contribution is 6.30. The van der Waals surface area contributed by atoms with E-state index in [9.17, 15) is 4.79 Å². The van der Waals surface area contributed by atoms with Crippen molar-refractivity contribution in [1.82, 2.24) is 9.55 Å². The van der Waals surface area contributed by atoms with E-state index >= 15 is 0 Å². The summed E-state index contributed by atoms with van der Waals surface area (Å²) in [4.78, 5) is 17.5. The van der Waals surface area contributed by atoms with Crippen molar-refractivity contribution >= 4 is 17.4 Å². The van der Waals surface area contributed by atoms with E-state index < -0.39 is 0 Å². The van der Waals surface area contributed by atoms with E-state index in [-0.39, 0.29) is 17.7 Å². The Kier molecular flexibility index (Phi) is 5.20. The molecule has 1 saturated heterocycles. The summed E-state index contributed by atoms with van der Waals surface area (Å²) in [6.45, 7) is 2.88. The Balaban J connectivity index is 1.89. The number of ether oxygens (including phenoxy) is 1. The largest absolute Gasteiger partial charge is 0.371 e. The normalized spacial score (nSPS) is 16.6. The average molecular weight is 396 g/mol. The van der Waals surface area contributed by atoms with Crippen LogP contribution in [0.15, 0.2) is 59.7 Å². The summed E-state index contributed by atoms with van der Waals surface area (Å²) in [6.07, 6.45) is 4.60. The van der Waals surface area contributed by atoms with Gasteiger partial charge in [-0.2, -0.15) is 0 Å². The number of hydrogen-bond acceptors (Lipinski definition) is 4. The quantitative estimate of drug-likeness (QED) is 0.630. The van der Waals surface area contributed by atoms with Crippen LogP contribution >= 0.6 is 11.6 Å². The minimum Gasteiger partial charge on any atom is -0.371 e. The van der Waals surface area contributed by atoms with Gasteiger partial charge in [-0.25, -0.2) is 0 Å². The fraction of sp³-hybridized carbons (Fsp3) is 0.273. The van der Waals surface area contributed by atoms with Gasteiger partial charge in [0.15, 0.2) is 0 Å². The van der Waals surface area contributed by atoms with E-state index in [1.807, 2.05) is 30.3 Å². The molecule has 1 fully saturated rings. The van der Waals surface area contributed by atoms with Crippen molar-refractivity contribution in [3.8, 4) is 22.3 Å². The molecule has 2 unspecified atom stereocenters. The first-order valence-electron chi connectivity index (χ1n) is 9.37. The minimum absolute atomic E-state index is 0.0642. The molecule has 1 aliphatic rings. The first-order chi connectivity index (χ1) is 13.6. The van der Waals surface area contributed by atoms with Crippen LogP contribution in [0.1, 0.15) is 13.3 Å². The van der Waals surface area contributed by atoms with Crippen LogP contribution in [0.3, 0.4) is 0 Å². The molecule has 3 heterocycles. The van der Waals surface area contributed by atoms with Gasteiger partial charge in [0.25, 0.3) is 5.56 Å². The second kappa shape index (κ2) is 7.78. The summed E-state index contributed by atoms with van der Waals surface area (Å²) in [6, 6.07) is 13.4. The third-order valence-corrected chi connectivity index (χ3v) is 5.39. The second-order valence-corrected chi connectivity index (χ2v) is 7.39. The molecule has 6 heteroatoms. The molecule has 0 radical (unpaired) electrons. The first-order valence-corrected chi connectivity index (χ1v) is 9.74. The fourth-order valence-corrected chi connectivity index (χ4v) is 3.55. The molecule has 1 N–H and O–H groups in total. The maximum absolute atomic E-state index is 13.4. The summed E-state index contributed by atoms with van der Waals surface area (Å²) in [5.41, 5.74) is 3.22. The second-order valence-electron chi connectivity index (χ2n) is 6.96. The Morgan fingerprint density at radius 2 is 1.89 bits per heavy atom. The lowest BCUT2D eigenvalue weighted by atomic mass is 9.96. The molecule has 5 nitrogen and oxygen atoms in total. The fourth-order valence-electron chi connectivity index (χ4n) is 3.43. The zero-order valence-corrected chi connectivity index (χ0v) is 16.6. The number of pyridine rings is 2. The van der Waals surface area contributed by atoms with E-state index in [1.165, 1.54) is 0 Å². The van der Waals surface area contributed by atoms with Crippen LogP contribution in [0.25, 0.3) is 22.3 Å². The van der Waals surface area contributed by atoms with Crippen LogP contribution in [-0.2, 0) is 11.8 Å². The van der Waals surface area contributed by atoms with Crippen molar-refractivity contribution in [2.24, 2.45) is 7.05 Å². The highest BCUT2D eigenvalue weighted by Crippen LogP contribution is 2.32. The molecule has 3 aromatic rings. The SMILES string of the molecule is CCC(Nc1cc(-c2ccncc2)c(-c2ccc(Cl)cc2)c(=O)n1C)C1CO1. The van der Waals surface area contributed by atoms with E-state index in [1.54, 1.807) is 36.1 Å². The van der Waals surface area contributed by atoms with E-state index in [0.717, 1.165) is 35.5 Å². The Morgan fingerprint density at radius 1 is 1.21 bits per heavy atom. The molecule has 1 aliphatic heterocycles. The molecule has 4 rings (SSSR count). The van der Waals surface area contributed by atoms with Gasteiger partial charge in [0.05, 0.1) is 18.2 Å². The minimum atomic E-state index is -0.0642. The van der Waals surface area contributed by atoms with E-state index in [4.69, 9.17) is 16.3 Å². The smallest absolute Gasteiger partial charge is 0.260 e. The van der Waals surface area contributed by atoms with Crippen LogP contribution in [0, 0.1) is 0 Å². The van der Waals surface area contributed by atoms with Gasteiger partial charge >= 0.3 is 0 Å². The summed E-state index contributed by atoms with van der Waals surface area (Å²) in [5, 5.41) is 4.14.